The highest BCUT2D eigenvalue weighted by Crippen LogP contribution is 2.19. The van der Waals surface area contributed by atoms with Crippen molar-refractivity contribution in [3.05, 3.63) is 24.0 Å². The molecule has 0 saturated heterocycles. The second kappa shape index (κ2) is 4.77. The summed E-state index contributed by atoms with van der Waals surface area (Å²) < 4.78 is 18.0. The predicted octanol–water partition coefficient (Wildman–Crippen LogP) is 2.36. The lowest BCUT2D eigenvalue weighted by atomic mass is 10.1. The van der Waals surface area contributed by atoms with E-state index < -0.39 is 5.82 Å². The van der Waals surface area contributed by atoms with Crippen molar-refractivity contribution in [3.8, 4) is 5.75 Å². The van der Waals surface area contributed by atoms with Gasteiger partial charge in [-0.3, -0.25) is 4.79 Å². The number of esters is 1. The molecule has 15 heavy (non-hydrogen) atoms. The van der Waals surface area contributed by atoms with Crippen LogP contribution in [0.15, 0.2) is 18.2 Å². The van der Waals surface area contributed by atoms with E-state index in [9.17, 15) is 9.18 Å². The molecule has 0 saturated carbocycles. The van der Waals surface area contributed by atoms with Crippen molar-refractivity contribution in [1.82, 2.24) is 0 Å². The minimum atomic E-state index is -0.579. The highest BCUT2D eigenvalue weighted by molar-refractivity contribution is 5.74. The quantitative estimate of drug-likeness (QED) is 0.474. The van der Waals surface area contributed by atoms with Gasteiger partial charge in [-0.1, -0.05) is 13.8 Å². The van der Waals surface area contributed by atoms with Gasteiger partial charge < -0.3 is 10.5 Å². The van der Waals surface area contributed by atoms with E-state index in [1.165, 1.54) is 12.1 Å². The first kappa shape index (κ1) is 11.5. The zero-order chi connectivity index (χ0) is 11.4. The summed E-state index contributed by atoms with van der Waals surface area (Å²) in [6.45, 7) is 3.64. The first-order valence-corrected chi connectivity index (χ1v) is 4.81. The minimum Gasteiger partial charge on any atom is -0.426 e. The van der Waals surface area contributed by atoms with Crippen LogP contribution in [0.1, 0.15) is 20.3 Å². The predicted molar refractivity (Wildman–Crippen MR) is 55.9 cm³/mol. The number of ether oxygens (including phenoxy) is 1. The third-order valence-electron chi connectivity index (χ3n) is 2.21. The van der Waals surface area contributed by atoms with Crippen molar-refractivity contribution < 1.29 is 13.9 Å². The Morgan fingerprint density at radius 2 is 2.27 bits per heavy atom. The molecule has 0 radical (unpaired) electrons. The average molecular weight is 211 g/mol. The highest BCUT2D eigenvalue weighted by atomic mass is 19.1. The Bertz CT molecular complexity index is 366. The Labute approximate surface area is 88.0 Å². The molecule has 3 nitrogen and oxygen atoms in total. The maximum atomic E-state index is 13.0. The Morgan fingerprint density at radius 3 is 2.80 bits per heavy atom. The SMILES string of the molecule is CCC(C)C(=O)Oc1ccc(N)c(F)c1. The third-order valence-corrected chi connectivity index (χ3v) is 2.21. The van der Waals surface area contributed by atoms with Gasteiger partial charge >= 0.3 is 5.97 Å². The fourth-order valence-electron chi connectivity index (χ4n) is 0.955. The van der Waals surface area contributed by atoms with Crippen LogP contribution in [0.3, 0.4) is 0 Å². The summed E-state index contributed by atoms with van der Waals surface area (Å²) in [5.74, 6) is -0.941. The van der Waals surface area contributed by atoms with E-state index in [-0.39, 0.29) is 23.3 Å². The van der Waals surface area contributed by atoms with Gasteiger partial charge in [0.25, 0.3) is 0 Å². The van der Waals surface area contributed by atoms with E-state index in [1.807, 2.05) is 6.92 Å². The van der Waals surface area contributed by atoms with Crippen molar-refractivity contribution in [3.63, 3.8) is 0 Å². The first-order valence-electron chi connectivity index (χ1n) is 4.81. The number of carbonyl (C=O) groups is 1. The molecule has 0 heterocycles. The number of rotatable bonds is 3. The summed E-state index contributed by atoms with van der Waals surface area (Å²) >= 11 is 0. The maximum Gasteiger partial charge on any atom is 0.314 e. The summed E-state index contributed by atoms with van der Waals surface area (Å²) in [5, 5.41) is 0. The largest absolute Gasteiger partial charge is 0.426 e. The third kappa shape index (κ3) is 2.94. The van der Waals surface area contributed by atoms with Crippen LogP contribution in [0.2, 0.25) is 0 Å². The molecule has 1 atom stereocenters. The number of carbonyl (C=O) groups excluding carboxylic acids is 1. The van der Waals surface area contributed by atoms with Crippen LogP contribution in [-0.4, -0.2) is 5.97 Å². The zero-order valence-corrected chi connectivity index (χ0v) is 8.79. The van der Waals surface area contributed by atoms with Crippen molar-refractivity contribution in [2.24, 2.45) is 5.92 Å². The number of hydrogen-bond acceptors (Lipinski definition) is 3. The molecule has 0 aliphatic carbocycles. The Balaban J connectivity index is 2.73. The van der Waals surface area contributed by atoms with Gasteiger partial charge in [-0.05, 0) is 18.6 Å². The first-order chi connectivity index (χ1) is 7.04. The van der Waals surface area contributed by atoms with Crippen LogP contribution in [0.5, 0.6) is 5.75 Å². The fourth-order valence-corrected chi connectivity index (χ4v) is 0.955. The van der Waals surface area contributed by atoms with E-state index >= 15 is 0 Å². The van der Waals surface area contributed by atoms with Gasteiger partial charge in [0.15, 0.2) is 0 Å². The van der Waals surface area contributed by atoms with Gasteiger partial charge in [0.05, 0.1) is 11.6 Å². The minimum absolute atomic E-state index is 0.0401. The highest BCUT2D eigenvalue weighted by Gasteiger charge is 2.13. The van der Waals surface area contributed by atoms with Crippen molar-refractivity contribution >= 4 is 11.7 Å². The van der Waals surface area contributed by atoms with Gasteiger partial charge in [0.2, 0.25) is 0 Å². The lowest BCUT2D eigenvalue weighted by Crippen LogP contribution is -2.17. The van der Waals surface area contributed by atoms with E-state index in [4.69, 9.17) is 10.5 Å². The average Bonchev–Trinajstić information content (AvgIpc) is 2.22. The van der Waals surface area contributed by atoms with Crippen LogP contribution in [-0.2, 0) is 4.79 Å². The number of nitrogen functional groups attached to an aromatic ring is 1. The number of hydrogen-bond donors (Lipinski definition) is 1. The van der Waals surface area contributed by atoms with E-state index in [1.54, 1.807) is 6.92 Å². The van der Waals surface area contributed by atoms with Gasteiger partial charge in [-0.25, -0.2) is 4.39 Å². The normalized spacial score (nSPS) is 12.2. The lowest BCUT2D eigenvalue weighted by Gasteiger charge is -2.09. The van der Waals surface area contributed by atoms with Gasteiger partial charge in [0, 0.05) is 6.07 Å². The number of nitrogens with two attached hydrogens (primary N) is 1. The van der Waals surface area contributed by atoms with Crippen molar-refractivity contribution in [1.29, 1.82) is 0 Å². The second-order valence-electron chi connectivity index (χ2n) is 3.41. The topological polar surface area (TPSA) is 52.3 Å². The van der Waals surface area contributed by atoms with Crippen LogP contribution < -0.4 is 10.5 Å². The summed E-state index contributed by atoms with van der Waals surface area (Å²) in [4.78, 5) is 11.4. The molecule has 1 rings (SSSR count). The molecule has 0 amide bonds. The number of benzene rings is 1. The molecule has 0 fully saturated rings. The van der Waals surface area contributed by atoms with Gasteiger partial charge in [-0.2, -0.15) is 0 Å². The van der Waals surface area contributed by atoms with Gasteiger partial charge in [-0.15, -0.1) is 0 Å². The fraction of sp³-hybridized carbons (Fsp3) is 0.364. The lowest BCUT2D eigenvalue weighted by molar-refractivity contribution is -0.138. The summed E-state index contributed by atoms with van der Waals surface area (Å²) in [6.07, 6.45) is 0.691. The van der Waals surface area contributed by atoms with Crippen LogP contribution in [0.4, 0.5) is 10.1 Å². The molecular formula is C11H14FNO2. The zero-order valence-electron chi connectivity index (χ0n) is 8.79. The molecule has 0 spiro atoms. The Kier molecular flexibility index (Phi) is 3.66. The van der Waals surface area contributed by atoms with Crippen LogP contribution in [0.25, 0.3) is 0 Å². The van der Waals surface area contributed by atoms with Crippen LogP contribution in [0, 0.1) is 11.7 Å². The molecule has 82 valence electrons. The summed E-state index contributed by atoms with van der Waals surface area (Å²) in [6, 6.07) is 3.95. The van der Waals surface area contributed by atoms with Crippen molar-refractivity contribution in [2.75, 3.05) is 5.73 Å². The van der Waals surface area contributed by atoms with Crippen molar-refractivity contribution in [2.45, 2.75) is 20.3 Å². The standard InChI is InChI=1S/C11H14FNO2/c1-3-7(2)11(14)15-8-4-5-10(13)9(12)6-8/h4-7H,3,13H2,1-2H3. The Morgan fingerprint density at radius 1 is 1.60 bits per heavy atom. The second-order valence-corrected chi connectivity index (χ2v) is 3.41. The molecule has 1 aromatic carbocycles. The molecule has 0 bridgehead atoms. The molecule has 0 aliphatic heterocycles. The summed E-state index contributed by atoms with van der Waals surface area (Å²) in [7, 11) is 0. The number of anilines is 1. The number of halogens is 1. The molecule has 1 unspecified atom stereocenters. The van der Waals surface area contributed by atoms with E-state index in [2.05, 4.69) is 0 Å². The molecular weight excluding hydrogens is 197 g/mol. The molecule has 4 heteroatoms. The molecule has 0 aliphatic rings. The van der Waals surface area contributed by atoms with Crippen LogP contribution >= 0.6 is 0 Å². The monoisotopic (exact) mass is 211 g/mol. The molecule has 0 aromatic heterocycles. The molecule has 1 aromatic rings. The summed E-state index contributed by atoms with van der Waals surface area (Å²) in [5.41, 5.74) is 5.33. The maximum absolute atomic E-state index is 13.0. The van der Waals surface area contributed by atoms with Gasteiger partial charge in [0.1, 0.15) is 11.6 Å². The molecule has 2 N–H and O–H groups in total. The van der Waals surface area contributed by atoms with E-state index in [0.717, 1.165) is 6.07 Å². The Hall–Kier alpha value is -1.58. The smallest absolute Gasteiger partial charge is 0.314 e. The van der Waals surface area contributed by atoms with E-state index in [0.29, 0.717) is 6.42 Å².